The van der Waals surface area contributed by atoms with Crippen LogP contribution in [0.4, 0.5) is 11.4 Å². The van der Waals surface area contributed by atoms with E-state index in [4.69, 9.17) is 5.73 Å². The molecule has 0 unspecified atom stereocenters. The number of amides is 1. The van der Waals surface area contributed by atoms with E-state index in [2.05, 4.69) is 27.7 Å². The van der Waals surface area contributed by atoms with Crippen LogP contribution in [0.15, 0.2) is 24.3 Å². The predicted octanol–water partition coefficient (Wildman–Crippen LogP) is 3.30. The maximum Gasteiger partial charge on any atom is 0.231 e. The smallest absolute Gasteiger partial charge is 0.231 e. The molecule has 0 aliphatic heterocycles. The van der Waals surface area contributed by atoms with Gasteiger partial charge in [-0.05, 0) is 42.0 Å². The van der Waals surface area contributed by atoms with Crippen molar-refractivity contribution in [1.29, 1.82) is 0 Å². The average molecular weight is 260 g/mol. The average Bonchev–Trinajstić information content (AvgIpc) is 2.73. The Morgan fingerprint density at radius 1 is 1.16 bits per heavy atom. The van der Waals surface area contributed by atoms with E-state index >= 15 is 0 Å². The summed E-state index contributed by atoms with van der Waals surface area (Å²) in [6.07, 6.45) is 0. The zero-order valence-electron chi connectivity index (χ0n) is 12.5. The molecule has 0 spiro atoms. The fourth-order valence-electron chi connectivity index (χ4n) is 3.09. The third kappa shape index (κ3) is 2.01. The molecular weight excluding hydrogens is 236 g/mol. The molecule has 0 saturated heterocycles. The largest absolute Gasteiger partial charge is 0.399 e. The molecule has 1 aliphatic rings. The lowest BCUT2D eigenvalue weighted by molar-refractivity contribution is -0.120. The van der Waals surface area contributed by atoms with Crippen molar-refractivity contribution in [2.45, 2.75) is 34.6 Å². The highest BCUT2D eigenvalue weighted by atomic mass is 16.2. The monoisotopic (exact) mass is 260 g/mol. The molecule has 2 rings (SSSR count). The van der Waals surface area contributed by atoms with Gasteiger partial charge in [-0.15, -0.1) is 0 Å². The summed E-state index contributed by atoms with van der Waals surface area (Å²) < 4.78 is 0. The number of rotatable bonds is 3. The lowest BCUT2D eigenvalue weighted by Crippen LogP contribution is -2.33. The maximum atomic E-state index is 12.7. The van der Waals surface area contributed by atoms with Gasteiger partial charge in [-0.25, -0.2) is 0 Å². The molecule has 0 atom stereocenters. The van der Waals surface area contributed by atoms with Crippen LogP contribution in [0, 0.1) is 16.7 Å². The van der Waals surface area contributed by atoms with Crippen molar-refractivity contribution < 1.29 is 4.79 Å². The van der Waals surface area contributed by atoms with Gasteiger partial charge in [0.2, 0.25) is 5.91 Å². The van der Waals surface area contributed by atoms with Crippen molar-refractivity contribution in [1.82, 2.24) is 0 Å². The van der Waals surface area contributed by atoms with Gasteiger partial charge in [-0.1, -0.05) is 27.7 Å². The number of benzene rings is 1. The van der Waals surface area contributed by atoms with Gasteiger partial charge in [0.25, 0.3) is 0 Å². The molecule has 19 heavy (non-hydrogen) atoms. The Bertz CT molecular complexity index is 474. The van der Waals surface area contributed by atoms with Crippen LogP contribution in [0.5, 0.6) is 0 Å². The van der Waals surface area contributed by atoms with E-state index < -0.39 is 0 Å². The van der Waals surface area contributed by atoms with E-state index in [-0.39, 0.29) is 22.7 Å². The van der Waals surface area contributed by atoms with E-state index in [1.54, 1.807) is 0 Å². The zero-order valence-corrected chi connectivity index (χ0v) is 12.5. The molecule has 0 bridgehead atoms. The first-order chi connectivity index (χ1) is 8.73. The van der Waals surface area contributed by atoms with Crippen molar-refractivity contribution >= 4 is 17.3 Å². The van der Waals surface area contributed by atoms with E-state index in [0.717, 1.165) is 11.4 Å². The number of hydrogen-bond acceptors (Lipinski definition) is 2. The molecule has 1 aromatic rings. The number of hydrogen-bond donors (Lipinski definition) is 1. The maximum absolute atomic E-state index is 12.7. The van der Waals surface area contributed by atoms with E-state index in [0.29, 0.717) is 6.54 Å². The number of carbonyl (C=O) groups excluding carboxylic acids is 1. The zero-order chi connectivity index (χ0) is 14.4. The van der Waals surface area contributed by atoms with Crippen LogP contribution >= 0.6 is 0 Å². The van der Waals surface area contributed by atoms with Crippen molar-refractivity contribution in [3.63, 3.8) is 0 Å². The van der Waals surface area contributed by atoms with Gasteiger partial charge >= 0.3 is 0 Å². The molecule has 3 nitrogen and oxygen atoms in total. The molecule has 1 aromatic carbocycles. The van der Waals surface area contributed by atoms with Gasteiger partial charge in [0, 0.05) is 23.8 Å². The van der Waals surface area contributed by atoms with Crippen LogP contribution in [0.1, 0.15) is 34.6 Å². The Morgan fingerprint density at radius 3 is 2.00 bits per heavy atom. The minimum Gasteiger partial charge on any atom is -0.399 e. The fourth-order valence-corrected chi connectivity index (χ4v) is 3.09. The van der Waals surface area contributed by atoms with Crippen molar-refractivity contribution in [2.75, 3.05) is 17.2 Å². The third-order valence-electron chi connectivity index (χ3n) is 5.05. The number of nitrogens with two attached hydrogens (primary N) is 1. The second-order valence-corrected chi connectivity index (χ2v) is 6.55. The van der Waals surface area contributed by atoms with Gasteiger partial charge in [0.05, 0.1) is 0 Å². The Hall–Kier alpha value is -1.51. The molecule has 1 fully saturated rings. The summed E-state index contributed by atoms with van der Waals surface area (Å²) in [5.74, 6) is 0.319. The number of anilines is 2. The molecule has 104 valence electrons. The van der Waals surface area contributed by atoms with Crippen LogP contribution in [-0.4, -0.2) is 12.5 Å². The highest BCUT2D eigenvalue weighted by Gasteiger charge is 2.68. The van der Waals surface area contributed by atoms with Crippen molar-refractivity contribution in [2.24, 2.45) is 16.7 Å². The first-order valence-corrected chi connectivity index (χ1v) is 6.90. The molecule has 1 saturated carbocycles. The fraction of sp³-hybridized carbons (Fsp3) is 0.562. The van der Waals surface area contributed by atoms with E-state index in [1.807, 2.05) is 36.1 Å². The van der Waals surface area contributed by atoms with Crippen molar-refractivity contribution in [3.8, 4) is 0 Å². The van der Waals surface area contributed by atoms with Crippen LogP contribution in [0.25, 0.3) is 0 Å². The molecular formula is C16H24N2O. The minimum absolute atomic E-state index is 0.0747. The molecule has 0 aromatic heterocycles. The molecule has 3 heteroatoms. The Balaban J connectivity index is 2.25. The van der Waals surface area contributed by atoms with Crippen LogP contribution in [0.2, 0.25) is 0 Å². The van der Waals surface area contributed by atoms with Gasteiger partial charge in [0.1, 0.15) is 0 Å². The molecule has 1 aliphatic carbocycles. The second-order valence-electron chi connectivity index (χ2n) is 6.55. The molecule has 0 heterocycles. The van der Waals surface area contributed by atoms with Gasteiger partial charge < -0.3 is 10.6 Å². The van der Waals surface area contributed by atoms with Gasteiger partial charge in [-0.2, -0.15) is 0 Å². The Labute approximate surface area is 115 Å². The Morgan fingerprint density at radius 2 is 1.63 bits per heavy atom. The van der Waals surface area contributed by atoms with Crippen LogP contribution < -0.4 is 10.6 Å². The van der Waals surface area contributed by atoms with E-state index in [1.165, 1.54) is 0 Å². The normalized spacial score (nSPS) is 20.1. The van der Waals surface area contributed by atoms with Gasteiger partial charge in [-0.3, -0.25) is 4.79 Å². The molecule has 1 amide bonds. The molecule has 2 N–H and O–H groups in total. The number of nitrogen functional groups attached to an aromatic ring is 1. The second kappa shape index (κ2) is 4.26. The summed E-state index contributed by atoms with van der Waals surface area (Å²) in [7, 11) is 0. The van der Waals surface area contributed by atoms with E-state index in [9.17, 15) is 4.79 Å². The molecule has 0 radical (unpaired) electrons. The third-order valence-corrected chi connectivity index (χ3v) is 5.05. The van der Waals surface area contributed by atoms with Gasteiger partial charge in [0.15, 0.2) is 0 Å². The first-order valence-electron chi connectivity index (χ1n) is 6.90. The lowest BCUT2D eigenvalue weighted by Gasteiger charge is -2.22. The number of nitrogens with zero attached hydrogens (tertiary/aromatic N) is 1. The summed E-state index contributed by atoms with van der Waals surface area (Å²) in [6, 6.07) is 7.52. The first kappa shape index (κ1) is 13.9. The lowest BCUT2D eigenvalue weighted by atomic mass is 10.0. The standard InChI is InChI=1S/C16H24N2O/c1-6-18(12-9-7-11(17)8-10-12)14(19)13-15(2,3)16(13,4)5/h7-10,13H,6,17H2,1-5H3. The summed E-state index contributed by atoms with van der Waals surface area (Å²) in [5.41, 5.74) is 7.50. The van der Waals surface area contributed by atoms with Crippen molar-refractivity contribution in [3.05, 3.63) is 24.3 Å². The van der Waals surface area contributed by atoms with Crippen LogP contribution in [-0.2, 0) is 4.79 Å². The summed E-state index contributed by atoms with van der Waals surface area (Å²) >= 11 is 0. The predicted molar refractivity (Wildman–Crippen MR) is 79.9 cm³/mol. The number of carbonyl (C=O) groups is 1. The minimum atomic E-state index is 0.0747. The van der Waals surface area contributed by atoms with Crippen LogP contribution in [0.3, 0.4) is 0 Å². The quantitative estimate of drug-likeness (QED) is 0.848. The highest BCUT2D eigenvalue weighted by molar-refractivity contribution is 5.98. The highest BCUT2D eigenvalue weighted by Crippen LogP contribution is 2.68. The Kier molecular flexibility index (Phi) is 3.12. The summed E-state index contributed by atoms with van der Waals surface area (Å²) in [6.45, 7) is 11.4. The summed E-state index contributed by atoms with van der Waals surface area (Å²) in [4.78, 5) is 14.6. The SMILES string of the molecule is CCN(C(=O)C1C(C)(C)C1(C)C)c1ccc(N)cc1. The topological polar surface area (TPSA) is 46.3 Å². The summed E-state index contributed by atoms with van der Waals surface area (Å²) in [5, 5.41) is 0.